The van der Waals surface area contributed by atoms with E-state index < -0.39 is 91.4 Å². The number of amides is 2. The van der Waals surface area contributed by atoms with Gasteiger partial charge >= 0.3 is 36.1 Å². The van der Waals surface area contributed by atoms with Crippen molar-refractivity contribution < 1.29 is 94.4 Å². The Morgan fingerprint density at radius 2 is 0.933 bits per heavy atom. The Balaban J connectivity index is 0.000000255. The van der Waals surface area contributed by atoms with E-state index in [0.717, 1.165) is 0 Å². The Bertz CT molecular complexity index is 3690. The number of aliphatic carboxylic acids is 1. The fourth-order valence-corrected chi connectivity index (χ4v) is 8.11. The van der Waals surface area contributed by atoms with Gasteiger partial charge in [-0.15, -0.1) is 0 Å². The number of nitrogens with one attached hydrogen (secondary N) is 2. The number of carbonyl (C=O) groups is 6. The van der Waals surface area contributed by atoms with Crippen molar-refractivity contribution in [3.8, 4) is 44.8 Å². The fourth-order valence-electron chi connectivity index (χ4n) is 7.68. The van der Waals surface area contributed by atoms with E-state index in [0.29, 0.717) is 44.5 Å². The van der Waals surface area contributed by atoms with Crippen molar-refractivity contribution in [3.05, 3.63) is 202 Å². The lowest BCUT2D eigenvalue weighted by Gasteiger charge is -2.24. The number of alkyl halides is 1. The summed E-state index contributed by atoms with van der Waals surface area (Å²) in [5.41, 5.74) is 8.33. The molecule has 0 aliphatic heterocycles. The topological polar surface area (TPSA) is 292 Å². The number of carboxylic acids is 1. The highest BCUT2D eigenvalue weighted by Gasteiger charge is 2.26. The second-order valence-electron chi connectivity index (χ2n) is 18.1. The molecule has 6 aromatic carbocycles. The molecule has 89 heavy (non-hydrogen) atoms. The molecule has 0 radical (unpaired) electrons. The van der Waals surface area contributed by atoms with E-state index in [1.807, 2.05) is 0 Å². The number of hydrogen-bond acceptors (Lipinski definition) is 19. The van der Waals surface area contributed by atoms with Crippen LogP contribution in [0.4, 0.5) is 27.2 Å². The first-order valence-corrected chi connectivity index (χ1v) is 27.5. The highest BCUT2D eigenvalue weighted by Crippen LogP contribution is 2.29. The summed E-state index contributed by atoms with van der Waals surface area (Å²) in [6, 6.07) is 35.5. The van der Waals surface area contributed by atoms with Crippen molar-refractivity contribution >= 4 is 70.9 Å². The van der Waals surface area contributed by atoms with E-state index in [-0.39, 0.29) is 65.4 Å². The Morgan fingerprint density at radius 1 is 0.528 bits per heavy atom. The quantitative estimate of drug-likeness (QED) is 0.00993. The van der Waals surface area contributed by atoms with Gasteiger partial charge in [-0.05, 0) is 96.8 Å². The monoisotopic (exact) mass is 1290 g/mol. The molecule has 2 amide bonds. The molecule has 0 aliphatic rings. The van der Waals surface area contributed by atoms with Crippen molar-refractivity contribution in [3.63, 3.8) is 0 Å². The number of rotatable bonds is 23. The molecule has 2 aromatic heterocycles. The highest BCUT2D eigenvalue weighted by molar-refractivity contribution is 6.31. The van der Waals surface area contributed by atoms with E-state index in [1.165, 1.54) is 94.9 Å². The maximum Gasteiger partial charge on any atom is 0.511 e. The van der Waals surface area contributed by atoms with Crippen LogP contribution in [0.5, 0.6) is 0 Å². The van der Waals surface area contributed by atoms with Gasteiger partial charge in [0.25, 0.3) is 0 Å². The molecule has 8 aromatic rings. The van der Waals surface area contributed by atoms with Gasteiger partial charge in [-0.1, -0.05) is 118 Å². The number of hydrazine groups is 2. The van der Waals surface area contributed by atoms with Gasteiger partial charge in [-0.2, -0.15) is 0 Å². The van der Waals surface area contributed by atoms with Crippen LogP contribution in [-0.2, 0) is 46.4 Å². The maximum absolute atomic E-state index is 14.3. The highest BCUT2D eigenvalue weighted by atomic mass is 35.5. The van der Waals surface area contributed by atoms with Crippen LogP contribution < -0.4 is 10.9 Å². The lowest BCUT2D eigenvalue weighted by atomic mass is 10.0. The zero-order chi connectivity index (χ0) is 64.6. The van der Waals surface area contributed by atoms with Crippen LogP contribution in [0.1, 0.15) is 46.1 Å². The second-order valence-corrected chi connectivity index (χ2v) is 19.2. The molecule has 8 rings (SSSR count). The number of aromatic nitrogens is 2. The number of esters is 1. The van der Waals surface area contributed by atoms with Crippen LogP contribution in [0.2, 0.25) is 10.0 Å². The first-order valence-electron chi connectivity index (χ1n) is 26.2. The number of carboxylic acid groups (broad SMARTS) is 1. The summed E-state index contributed by atoms with van der Waals surface area (Å²) in [6.45, 7) is 1.80. The average Bonchev–Trinajstić information content (AvgIpc) is 3.57. The minimum absolute atomic E-state index is 0.0112. The first kappa shape index (κ1) is 68.7. The predicted molar refractivity (Wildman–Crippen MR) is 311 cm³/mol. The number of benzene rings is 6. The van der Waals surface area contributed by atoms with E-state index in [2.05, 4.69) is 40.1 Å². The molecule has 2 heterocycles. The Hall–Kier alpha value is -9.41. The molecule has 5 N–H and O–H groups in total. The normalized spacial score (nSPS) is 11.4. The number of ether oxygens (including phenoxy) is 5. The molecule has 0 unspecified atom stereocenters. The van der Waals surface area contributed by atoms with Gasteiger partial charge in [-0.25, -0.2) is 46.8 Å². The smallest absolute Gasteiger partial charge is 0.479 e. The molecule has 0 fully saturated rings. The fraction of sp³-hybridized carbons (Fsp3) is 0.200. The number of aliphatic hydroxyl groups is 2. The standard InChI is InChI=1S/C30H26ClF2N3O8.C26H20ClF2N3O5.C4H7ClO3/c1-2-41-30(40)43-17-42-29(39)26(37)16-36(15-18-7-9-19(10-8-18)22-13-20(31)11-12-24(22)33)34-28(38)27-14-25(35-44-27)21-5-3-4-6-23(21)32;27-17-9-10-21(29)19(11-17)16-7-5-15(6-8-16)13-32(14-23(33)26(35)36)30-25(34)24-12-22(31-37-24)18-3-1-2-4-20(18)28;1-2-7-4(6)8-3-5/h3-14,26,37H,2,15-17H2,1H3,(H,34,38);1-12,23,33H,13-14H2,(H,30,34)(H,35,36);2-3H2,1H3/t26-;23-;/m11./s1. The third-order valence-electron chi connectivity index (χ3n) is 11.8. The number of nitrogens with zero attached hydrogens (tertiary/aromatic N) is 4. The van der Waals surface area contributed by atoms with E-state index >= 15 is 0 Å². The molecule has 468 valence electrons. The van der Waals surface area contributed by atoms with Gasteiger partial charge in [0.05, 0.1) is 26.3 Å². The summed E-state index contributed by atoms with van der Waals surface area (Å²) in [4.78, 5) is 70.7. The minimum Gasteiger partial charge on any atom is -0.479 e. The Morgan fingerprint density at radius 3 is 1.34 bits per heavy atom. The molecule has 0 bridgehead atoms. The van der Waals surface area contributed by atoms with Crippen molar-refractivity contribution in [1.82, 2.24) is 31.2 Å². The van der Waals surface area contributed by atoms with Crippen LogP contribution in [0.15, 0.2) is 155 Å². The summed E-state index contributed by atoms with van der Waals surface area (Å²) >= 11 is 17.0. The summed E-state index contributed by atoms with van der Waals surface area (Å²) in [5, 5.41) is 40.1. The number of halogens is 7. The summed E-state index contributed by atoms with van der Waals surface area (Å²) < 4.78 is 89.3. The molecule has 29 heteroatoms. The number of carbonyl (C=O) groups excluding carboxylic acids is 5. The molecule has 0 aliphatic carbocycles. The van der Waals surface area contributed by atoms with Crippen LogP contribution in [0, 0.1) is 23.3 Å². The Kier molecular flexibility index (Phi) is 26.4. The lowest BCUT2D eigenvalue weighted by Crippen LogP contribution is -2.47. The van der Waals surface area contributed by atoms with Crippen molar-refractivity contribution in [2.75, 3.05) is 39.2 Å². The van der Waals surface area contributed by atoms with Gasteiger partial charge in [0.2, 0.25) is 18.3 Å². The van der Waals surface area contributed by atoms with Gasteiger partial charge in [-0.3, -0.25) is 20.4 Å². The molecule has 2 atom stereocenters. The third-order valence-corrected chi connectivity index (χ3v) is 12.4. The van der Waals surface area contributed by atoms with E-state index in [1.54, 1.807) is 74.5 Å². The van der Waals surface area contributed by atoms with Gasteiger partial charge in [0.15, 0.2) is 18.3 Å². The first-order chi connectivity index (χ1) is 42.7. The predicted octanol–water partition coefficient (Wildman–Crippen LogP) is 11.0. The number of aliphatic hydroxyl groups excluding tert-OH is 2. The molecule has 0 saturated carbocycles. The van der Waals surface area contributed by atoms with Gasteiger partial charge < -0.3 is 48.1 Å². The minimum atomic E-state index is -1.80. The van der Waals surface area contributed by atoms with Crippen LogP contribution >= 0.6 is 34.8 Å². The average molecular weight is 1300 g/mol. The maximum atomic E-state index is 14.3. The number of hydrogen-bond donors (Lipinski definition) is 5. The second kappa shape index (κ2) is 34.2. The van der Waals surface area contributed by atoms with Crippen LogP contribution in [-0.4, -0.2) is 123 Å². The van der Waals surface area contributed by atoms with Crippen molar-refractivity contribution in [2.24, 2.45) is 0 Å². The third kappa shape index (κ3) is 21.2. The van der Waals surface area contributed by atoms with Crippen LogP contribution in [0.25, 0.3) is 44.8 Å². The van der Waals surface area contributed by atoms with Gasteiger partial charge in [0, 0.05) is 57.5 Å². The molecular formula is C60H53Cl3F4N6O16. The van der Waals surface area contributed by atoms with E-state index in [9.17, 15) is 56.5 Å². The van der Waals surface area contributed by atoms with Gasteiger partial charge in [0.1, 0.15) is 34.7 Å². The van der Waals surface area contributed by atoms with Crippen molar-refractivity contribution in [1.29, 1.82) is 0 Å². The van der Waals surface area contributed by atoms with Crippen molar-refractivity contribution in [2.45, 2.75) is 39.1 Å². The molecule has 22 nitrogen and oxygen atoms in total. The van der Waals surface area contributed by atoms with E-state index in [4.69, 9.17) is 53.7 Å². The molecule has 0 spiro atoms. The SMILES string of the molecule is CCOC(=O)OCCl.CCOC(=O)OCOC(=O)[C@H](O)CN(Cc1ccc(-c2cc(Cl)ccc2F)cc1)NC(=O)c1cc(-c2ccccc2F)no1.O=C(NN(Cc1ccc(-c2cc(Cl)ccc2F)cc1)C[C@@H](O)C(=O)O)c1cc(-c2ccccc2F)no1. The summed E-state index contributed by atoms with van der Waals surface area (Å²) in [5.74, 6) is -6.79. The Labute approximate surface area is 518 Å². The zero-order valence-corrected chi connectivity index (χ0v) is 49.0. The largest absolute Gasteiger partial charge is 0.511 e. The summed E-state index contributed by atoms with van der Waals surface area (Å²) in [7, 11) is 0. The van der Waals surface area contributed by atoms with Crippen LogP contribution in [0.3, 0.4) is 0 Å². The molecular weight excluding hydrogens is 1240 g/mol. The molecule has 0 saturated heterocycles. The lowest BCUT2D eigenvalue weighted by molar-refractivity contribution is -0.164. The zero-order valence-electron chi connectivity index (χ0n) is 46.8. The summed E-state index contributed by atoms with van der Waals surface area (Å²) in [6.07, 6.45) is -5.39.